The number of hydrogen-bond acceptors (Lipinski definition) is 6. The number of hydroxylamine groups is 2. The monoisotopic (exact) mass is 348 g/mol. The molecule has 3 rings (SSSR count). The van der Waals surface area contributed by atoms with Crippen LogP contribution in [0.3, 0.4) is 0 Å². The molecule has 0 radical (unpaired) electrons. The van der Waals surface area contributed by atoms with Gasteiger partial charge in [-0.2, -0.15) is 13.5 Å². The Morgan fingerprint density at radius 2 is 1.87 bits per heavy atom. The average Bonchev–Trinajstić information content (AvgIpc) is 2.71. The summed E-state index contributed by atoms with van der Waals surface area (Å²) < 4.78 is 34.8. The van der Waals surface area contributed by atoms with E-state index in [2.05, 4.69) is 4.28 Å². The first-order valence-electron chi connectivity index (χ1n) is 7.57. The molecule has 3 amide bonds. The quantitative estimate of drug-likeness (QED) is 0.621. The SMILES string of the molecule is NC1CCN(C(=O)[C@@H]2CCC3CN2C(=O)N3OS(=O)(=O)O)CC1. The van der Waals surface area contributed by atoms with Crippen molar-refractivity contribution in [2.24, 2.45) is 5.73 Å². The van der Waals surface area contributed by atoms with Gasteiger partial charge in [0.2, 0.25) is 5.91 Å². The van der Waals surface area contributed by atoms with Gasteiger partial charge in [0.1, 0.15) is 6.04 Å². The third-order valence-corrected chi connectivity index (χ3v) is 4.98. The summed E-state index contributed by atoms with van der Waals surface area (Å²) >= 11 is 0. The number of piperidine rings is 2. The number of fused-ring (bicyclic) bond motifs is 2. The zero-order valence-corrected chi connectivity index (χ0v) is 13.3. The molecule has 3 N–H and O–H groups in total. The van der Waals surface area contributed by atoms with Crippen molar-refractivity contribution in [3.05, 3.63) is 0 Å². The van der Waals surface area contributed by atoms with Gasteiger partial charge in [0, 0.05) is 25.7 Å². The van der Waals surface area contributed by atoms with E-state index in [0.717, 1.165) is 12.8 Å². The van der Waals surface area contributed by atoms with Crippen molar-refractivity contribution in [1.29, 1.82) is 0 Å². The number of carbonyl (C=O) groups excluding carboxylic acids is 2. The fraction of sp³-hybridized carbons (Fsp3) is 0.833. The molecule has 2 bridgehead atoms. The zero-order valence-electron chi connectivity index (χ0n) is 12.5. The van der Waals surface area contributed by atoms with Crippen LogP contribution in [0.2, 0.25) is 0 Å². The molecular weight excluding hydrogens is 328 g/mol. The molecule has 0 aliphatic carbocycles. The fourth-order valence-corrected chi connectivity index (χ4v) is 3.81. The van der Waals surface area contributed by atoms with E-state index in [4.69, 9.17) is 10.3 Å². The van der Waals surface area contributed by atoms with Crippen LogP contribution >= 0.6 is 0 Å². The summed E-state index contributed by atoms with van der Waals surface area (Å²) in [5.41, 5.74) is 5.83. The molecule has 0 aromatic carbocycles. The largest absolute Gasteiger partial charge is 0.418 e. The first kappa shape index (κ1) is 16.4. The van der Waals surface area contributed by atoms with E-state index >= 15 is 0 Å². The Morgan fingerprint density at radius 3 is 2.48 bits per heavy atom. The fourth-order valence-electron chi connectivity index (χ4n) is 3.42. The van der Waals surface area contributed by atoms with Crippen LogP contribution in [0, 0.1) is 0 Å². The Kier molecular flexibility index (Phi) is 4.21. The van der Waals surface area contributed by atoms with Crippen molar-refractivity contribution < 1.29 is 26.8 Å². The van der Waals surface area contributed by atoms with Gasteiger partial charge in [-0.25, -0.2) is 4.79 Å². The average molecular weight is 348 g/mol. The lowest BCUT2D eigenvalue weighted by molar-refractivity contribution is -0.137. The van der Waals surface area contributed by atoms with Crippen LogP contribution in [0.15, 0.2) is 0 Å². The van der Waals surface area contributed by atoms with Crippen molar-refractivity contribution in [3.63, 3.8) is 0 Å². The van der Waals surface area contributed by atoms with Gasteiger partial charge in [0.15, 0.2) is 0 Å². The van der Waals surface area contributed by atoms with Crippen molar-refractivity contribution in [3.8, 4) is 0 Å². The van der Waals surface area contributed by atoms with Gasteiger partial charge in [-0.3, -0.25) is 9.35 Å². The van der Waals surface area contributed by atoms with Crippen LogP contribution in [0.5, 0.6) is 0 Å². The predicted octanol–water partition coefficient (Wildman–Crippen LogP) is -1.06. The number of likely N-dealkylation sites (tertiary alicyclic amines) is 1. The highest BCUT2D eigenvalue weighted by Crippen LogP contribution is 2.31. The van der Waals surface area contributed by atoms with Gasteiger partial charge in [-0.1, -0.05) is 0 Å². The van der Waals surface area contributed by atoms with E-state index in [0.29, 0.717) is 31.0 Å². The number of nitrogens with two attached hydrogens (primary N) is 1. The molecule has 0 aromatic heterocycles. The Morgan fingerprint density at radius 1 is 1.22 bits per heavy atom. The summed E-state index contributed by atoms with van der Waals surface area (Å²) in [4.78, 5) is 27.9. The van der Waals surface area contributed by atoms with Crippen molar-refractivity contribution in [1.82, 2.24) is 14.9 Å². The number of nitrogens with zero attached hydrogens (tertiary/aromatic N) is 3. The highest BCUT2D eigenvalue weighted by Gasteiger charge is 2.50. The summed E-state index contributed by atoms with van der Waals surface area (Å²) in [5.74, 6) is -0.141. The Balaban J connectivity index is 1.70. The predicted molar refractivity (Wildman–Crippen MR) is 77.2 cm³/mol. The van der Waals surface area contributed by atoms with E-state index < -0.39 is 28.5 Å². The first-order chi connectivity index (χ1) is 10.8. The normalized spacial score (nSPS) is 29.3. The molecule has 10 nitrogen and oxygen atoms in total. The van der Waals surface area contributed by atoms with E-state index in [1.165, 1.54) is 4.90 Å². The lowest BCUT2D eigenvalue weighted by atomic mass is 9.98. The van der Waals surface area contributed by atoms with Crippen molar-refractivity contribution in [2.45, 2.75) is 43.8 Å². The van der Waals surface area contributed by atoms with Gasteiger partial charge in [-0.15, -0.1) is 4.28 Å². The molecular formula is C12H20N4O6S. The van der Waals surface area contributed by atoms with Gasteiger partial charge in [0.25, 0.3) is 0 Å². The molecule has 3 heterocycles. The second-order valence-electron chi connectivity index (χ2n) is 6.17. The molecule has 23 heavy (non-hydrogen) atoms. The van der Waals surface area contributed by atoms with Gasteiger partial charge < -0.3 is 15.5 Å². The zero-order chi connectivity index (χ0) is 16.8. The van der Waals surface area contributed by atoms with Gasteiger partial charge >= 0.3 is 16.4 Å². The van der Waals surface area contributed by atoms with Crippen molar-refractivity contribution in [2.75, 3.05) is 19.6 Å². The van der Waals surface area contributed by atoms with Crippen LogP contribution in [0.4, 0.5) is 4.79 Å². The van der Waals surface area contributed by atoms with E-state index in [1.54, 1.807) is 4.90 Å². The maximum atomic E-state index is 12.6. The molecule has 3 aliphatic heterocycles. The Labute approximate surface area is 134 Å². The number of urea groups is 1. The number of hydrogen-bond donors (Lipinski definition) is 2. The number of carbonyl (C=O) groups is 2. The molecule has 3 saturated heterocycles. The van der Waals surface area contributed by atoms with Crippen LogP contribution < -0.4 is 5.73 Å². The minimum absolute atomic E-state index is 0.0989. The summed E-state index contributed by atoms with van der Waals surface area (Å²) in [5, 5.41) is 0.648. The van der Waals surface area contributed by atoms with Crippen LogP contribution in [0.25, 0.3) is 0 Å². The molecule has 0 aromatic rings. The molecule has 3 fully saturated rings. The van der Waals surface area contributed by atoms with Crippen LogP contribution in [-0.2, 0) is 19.5 Å². The van der Waals surface area contributed by atoms with E-state index in [-0.39, 0.29) is 18.5 Å². The summed E-state index contributed by atoms with van der Waals surface area (Å²) in [7, 11) is -4.77. The first-order valence-corrected chi connectivity index (χ1v) is 8.94. The van der Waals surface area contributed by atoms with Gasteiger partial charge in [0.05, 0.1) is 6.04 Å². The molecule has 0 spiro atoms. The summed E-state index contributed by atoms with van der Waals surface area (Å²) in [6.07, 6.45) is 2.32. The molecule has 130 valence electrons. The summed E-state index contributed by atoms with van der Waals surface area (Å²) in [6.45, 7) is 1.33. The molecule has 0 saturated carbocycles. The third kappa shape index (κ3) is 3.27. The lowest BCUT2D eigenvalue weighted by Crippen LogP contribution is -2.53. The highest BCUT2D eigenvalue weighted by atomic mass is 32.3. The Bertz CT molecular complexity index is 603. The minimum atomic E-state index is -4.77. The molecule has 2 atom stereocenters. The smallest absolute Gasteiger partial charge is 0.341 e. The summed E-state index contributed by atoms with van der Waals surface area (Å²) in [6, 6.07) is -1.72. The third-order valence-electron chi connectivity index (χ3n) is 4.63. The Hall–Kier alpha value is -1.43. The van der Waals surface area contributed by atoms with E-state index in [9.17, 15) is 18.0 Å². The van der Waals surface area contributed by atoms with Gasteiger partial charge in [-0.05, 0) is 25.7 Å². The lowest BCUT2D eigenvalue weighted by Gasteiger charge is -2.36. The van der Waals surface area contributed by atoms with Crippen LogP contribution in [-0.4, -0.2) is 77.5 Å². The highest BCUT2D eigenvalue weighted by molar-refractivity contribution is 7.80. The maximum Gasteiger partial charge on any atom is 0.418 e. The second kappa shape index (κ2) is 5.89. The number of rotatable bonds is 3. The minimum Gasteiger partial charge on any atom is -0.341 e. The topological polar surface area (TPSA) is 133 Å². The molecule has 1 unspecified atom stereocenters. The second-order valence-corrected chi connectivity index (χ2v) is 7.18. The maximum absolute atomic E-state index is 12.6. The molecule has 3 aliphatic rings. The molecule has 11 heteroatoms. The van der Waals surface area contributed by atoms with E-state index in [1.807, 2.05) is 0 Å². The number of amides is 3. The van der Waals surface area contributed by atoms with Crippen molar-refractivity contribution >= 4 is 22.3 Å². The standard InChI is InChI=1S/C12H20N4O6S/c13-8-3-5-14(6-4-8)11(17)10-2-1-9-7-15(10)12(18)16(9)22-23(19,20)21/h8-10H,1-7,13H2,(H,19,20,21)/t9?,10-/m0/s1. The van der Waals surface area contributed by atoms with Crippen LogP contribution in [0.1, 0.15) is 25.7 Å².